The topological polar surface area (TPSA) is 54.6 Å². The molecule has 1 fully saturated rings. The lowest BCUT2D eigenvalue weighted by Crippen LogP contribution is -2.37. The van der Waals surface area contributed by atoms with Gasteiger partial charge in [-0.25, -0.2) is 0 Å². The van der Waals surface area contributed by atoms with Crippen molar-refractivity contribution >= 4 is 16.8 Å². The molecule has 2 aromatic carbocycles. The second-order valence-corrected chi connectivity index (χ2v) is 8.03. The third-order valence-electron chi connectivity index (χ3n) is 6.09. The number of aromatic nitrogens is 1. The molecule has 4 rings (SSSR count). The first-order valence-electron chi connectivity index (χ1n) is 10.8. The highest BCUT2D eigenvalue weighted by atomic mass is 16.5. The highest BCUT2D eigenvalue weighted by Gasteiger charge is 2.25. The van der Waals surface area contributed by atoms with E-state index < -0.39 is 0 Å². The van der Waals surface area contributed by atoms with Gasteiger partial charge in [0.05, 0.1) is 13.7 Å². The average Bonchev–Trinajstić information content (AvgIpc) is 3.21. The molecule has 158 valence electrons. The first kappa shape index (κ1) is 20.3. The van der Waals surface area contributed by atoms with Crippen LogP contribution in [0.5, 0.6) is 11.5 Å². The molecule has 1 amide bonds. The van der Waals surface area contributed by atoms with Gasteiger partial charge >= 0.3 is 0 Å². The average molecular weight is 407 g/mol. The molecule has 1 N–H and O–H groups in total. The van der Waals surface area contributed by atoms with Crippen LogP contribution in [0, 0.1) is 6.92 Å². The summed E-state index contributed by atoms with van der Waals surface area (Å²) in [6.45, 7) is 4.25. The Morgan fingerprint density at radius 1 is 1.17 bits per heavy atom. The maximum absolute atomic E-state index is 12.6. The second kappa shape index (κ2) is 9.24. The van der Waals surface area contributed by atoms with Crippen LogP contribution < -0.4 is 9.47 Å². The molecular formula is C25H30N2O3. The highest BCUT2D eigenvalue weighted by molar-refractivity contribution is 5.85. The van der Waals surface area contributed by atoms with E-state index in [1.54, 1.807) is 7.11 Å². The summed E-state index contributed by atoms with van der Waals surface area (Å²) in [5.74, 6) is 2.49. The van der Waals surface area contributed by atoms with E-state index in [-0.39, 0.29) is 5.91 Å². The first-order chi connectivity index (χ1) is 14.7. The van der Waals surface area contributed by atoms with E-state index in [0.717, 1.165) is 54.9 Å². The summed E-state index contributed by atoms with van der Waals surface area (Å²) in [6.07, 6.45) is 5.40. The number of benzene rings is 2. The number of methoxy groups -OCH3 is 1. The number of carbonyl (C=O) groups excluding carboxylic acids is 1. The molecule has 0 spiro atoms. The van der Waals surface area contributed by atoms with Gasteiger partial charge in [0.15, 0.2) is 0 Å². The van der Waals surface area contributed by atoms with Crippen LogP contribution in [0.25, 0.3) is 10.9 Å². The maximum Gasteiger partial charge on any atom is 0.222 e. The van der Waals surface area contributed by atoms with Crippen molar-refractivity contribution in [2.45, 2.75) is 38.5 Å². The molecule has 0 atom stereocenters. The molecule has 0 unspecified atom stereocenters. The van der Waals surface area contributed by atoms with Crippen molar-refractivity contribution in [3.05, 3.63) is 59.8 Å². The maximum atomic E-state index is 12.6. The van der Waals surface area contributed by atoms with E-state index in [9.17, 15) is 4.79 Å². The molecular weight excluding hydrogens is 376 g/mol. The zero-order valence-corrected chi connectivity index (χ0v) is 17.8. The van der Waals surface area contributed by atoms with Crippen LogP contribution in [-0.2, 0) is 4.79 Å². The lowest BCUT2D eigenvalue weighted by molar-refractivity contribution is -0.132. The third kappa shape index (κ3) is 4.45. The fourth-order valence-corrected chi connectivity index (χ4v) is 4.31. The Bertz CT molecular complexity index is 1000. The number of fused-ring (bicyclic) bond motifs is 1. The van der Waals surface area contributed by atoms with E-state index in [1.807, 2.05) is 42.2 Å². The van der Waals surface area contributed by atoms with E-state index in [4.69, 9.17) is 9.47 Å². The van der Waals surface area contributed by atoms with Crippen LogP contribution in [0.15, 0.2) is 48.7 Å². The number of hydrogen-bond acceptors (Lipinski definition) is 3. The van der Waals surface area contributed by atoms with E-state index in [0.29, 0.717) is 18.9 Å². The van der Waals surface area contributed by atoms with Gasteiger partial charge in [-0.3, -0.25) is 4.79 Å². The number of likely N-dealkylation sites (tertiary alicyclic amines) is 1. The number of hydrogen-bond donors (Lipinski definition) is 1. The van der Waals surface area contributed by atoms with Crippen molar-refractivity contribution in [2.24, 2.45) is 0 Å². The Hall–Kier alpha value is -2.95. The number of para-hydroxylation sites is 1. The quantitative estimate of drug-likeness (QED) is 0.559. The van der Waals surface area contributed by atoms with Crippen LogP contribution in [0.2, 0.25) is 0 Å². The van der Waals surface area contributed by atoms with E-state index >= 15 is 0 Å². The minimum absolute atomic E-state index is 0.238. The van der Waals surface area contributed by atoms with Crippen LogP contribution in [0.3, 0.4) is 0 Å². The van der Waals surface area contributed by atoms with Crippen molar-refractivity contribution in [1.82, 2.24) is 9.88 Å². The van der Waals surface area contributed by atoms with Crippen molar-refractivity contribution in [2.75, 3.05) is 26.8 Å². The lowest BCUT2D eigenvalue weighted by atomic mass is 9.89. The summed E-state index contributed by atoms with van der Waals surface area (Å²) >= 11 is 0. The minimum Gasteiger partial charge on any atom is -0.497 e. The molecule has 1 aromatic heterocycles. The van der Waals surface area contributed by atoms with E-state index in [1.165, 1.54) is 10.9 Å². The number of piperidine rings is 1. The van der Waals surface area contributed by atoms with Crippen LogP contribution in [0.1, 0.15) is 42.7 Å². The SMILES string of the molecule is COc1ccc2[nH]cc(C3CCN(C(=O)CCCOc4ccccc4C)CC3)c2c1. The van der Waals surface area contributed by atoms with Gasteiger partial charge < -0.3 is 19.4 Å². The fraction of sp³-hybridized carbons (Fsp3) is 0.400. The number of rotatable bonds is 7. The van der Waals surface area contributed by atoms with Gasteiger partial charge in [0.1, 0.15) is 11.5 Å². The van der Waals surface area contributed by atoms with Gasteiger partial charge in [-0.05, 0) is 67.5 Å². The van der Waals surface area contributed by atoms with Crippen molar-refractivity contribution in [1.29, 1.82) is 0 Å². The molecule has 3 aromatic rings. The Morgan fingerprint density at radius 3 is 2.73 bits per heavy atom. The largest absolute Gasteiger partial charge is 0.497 e. The second-order valence-electron chi connectivity index (χ2n) is 8.03. The number of carbonyl (C=O) groups is 1. The molecule has 5 nitrogen and oxygen atoms in total. The van der Waals surface area contributed by atoms with Gasteiger partial charge in [-0.15, -0.1) is 0 Å². The monoisotopic (exact) mass is 406 g/mol. The van der Waals surface area contributed by atoms with Crippen molar-refractivity contribution in [3.8, 4) is 11.5 Å². The van der Waals surface area contributed by atoms with Gasteiger partial charge in [-0.2, -0.15) is 0 Å². The fourth-order valence-electron chi connectivity index (χ4n) is 4.31. The zero-order chi connectivity index (χ0) is 20.9. The summed E-state index contributed by atoms with van der Waals surface area (Å²) in [5.41, 5.74) is 3.60. The highest BCUT2D eigenvalue weighted by Crippen LogP contribution is 2.34. The Kier molecular flexibility index (Phi) is 6.26. The third-order valence-corrected chi connectivity index (χ3v) is 6.09. The molecule has 0 bridgehead atoms. The molecule has 1 aliphatic rings. The zero-order valence-electron chi connectivity index (χ0n) is 17.8. The van der Waals surface area contributed by atoms with Crippen molar-refractivity contribution < 1.29 is 14.3 Å². The molecule has 0 saturated carbocycles. The summed E-state index contributed by atoms with van der Waals surface area (Å²) in [7, 11) is 1.70. The van der Waals surface area contributed by atoms with Crippen LogP contribution in [0.4, 0.5) is 0 Å². The number of nitrogens with one attached hydrogen (secondary N) is 1. The summed E-state index contributed by atoms with van der Waals surface area (Å²) in [5, 5.41) is 1.23. The van der Waals surface area contributed by atoms with Gasteiger partial charge in [0.2, 0.25) is 5.91 Å². The van der Waals surface area contributed by atoms with E-state index in [2.05, 4.69) is 23.3 Å². The summed E-state index contributed by atoms with van der Waals surface area (Å²) < 4.78 is 11.2. The molecule has 0 aliphatic carbocycles. The lowest BCUT2D eigenvalue weighted by Gasteiger charge is -2.32. The smallest absolute Gasteiger partial charge is 0.222 e. The molecule has 2 heterocycles. The Labute approximate surface area is 178 Å². The molecule has 30 heavy (non-hydrogen) atoms. The number of amides is 1. The van der Waals surface area contributed by atoms with Gasteiger partial charge in [0, 0.05) is 36.6 Å². The van der Waals surface area contributed by atoms with Crippen LogP contribution in [-0.4, -0.2) is 42.6 Å². The number of aromatic amines is 1. The molecule has 1 saturated heterocycles. The van der Waals surface area contributed by atoms with Crippen LogP contribution >= 0.6 is 0 Å². The predicted molar refractivity (Wildman–Crippen MR) is 119 cm³/mol. The first-order valence-corrected chi connectivity index (χ1v) is 10.8. The normalized spacial score (nSPS) is 14.8. The van der Waals surface area contributed by atoms with Crippen molar-refractivity contribution in [3.63, 3.8) is 0 Å². The minimum atomic E-state index is 0.238. The number of aryl methyl sites for hydroxylation is 1. The summed E-state index contributed by atoms with van der Waals surface area (Å²) in [6, 6.07) is 14.1. The van der Waals surface area contributed by atoms with Gasteiger partial charge in [-0.1, -0.05) is 18.2 Å². The molecule has 0 radical (unpaired) electrons. The Balaban J connectivity index is 1.26. The molecule has 1 aliphatic heterocycles. The Morgan fingerprint density at radius 2 is 1.97 bits per heavy atom. The predicted octanol–water partition coefficient (Wildman–Crippen LogP) is 5.05. The number of H-pyrrole nitrogens is 1. The number of ether oxygens (including phenoxy) is 2. The number of nitrogens with zero attached hydrogens (tertiary/aromatic N) is 1. The molecule has 5 heteroatoms. The summed E-state index contributed by atoms with van der Waals surface area (Å²) in [4.78, 5) is 18.0. The van der Waals surface area contributed by atoms with Gasteiger partial charge in [0.25, 0.3) is 0 Å². The standard InChI is InChI=1S/C25H30N2O3/c1-18-6-3-4-7-24(18)30-15-5-8-25(28)27-13-11-19(12-14-27)22-17-26-23-10-9-20(29-2)16-21(22)23/h3-4,6-7,9-10,16-17,19,26H,5,8,11-15H2,1-2H3.